The van der Waals surface area contributed by atoms with Gasteiger partial charge in [-0.3, -0.25) is 0 Å². The largest absolute Gasteiger partial charge is 0.388 e. The fraction of sp³-hybridized carbons (Fsp3) is 0.667. The van der Waals surface area contributed by atoms with Gasteiger partial charge in [0.25, 0.3) is 0 Å². The summed E-state index contributed by atoms with van der Waals surface area (Å²) in [4.78, 5) is 2.50. The fourth-order valence-corrected chi connectivity index (χ4v) is 3.75. The highest BCUT2D eigenvalue weighted by Gasteiger charge is 2.27. The molecule has 0 amide bonds. The molecular formula is C18H26ClNO2. The standard InChI is InChI=1S/C18H26ClNO2/c19-16-6-4-14(5-7-16)18(21)15-8-10-20(11-9-15)13-17-3-1-2-12-22-17/h4-7,15,17-18,21H,1-3,8-13H2. The number of aliphatic hydroxyl groups is 1. The van der Waals surface area contributed by atoms with Crippen LogP contribution in [0.4, 0.5) is 0 Å². The van der Waals surface area contributed by atoms with Gasteiger partial charge in [0.05, 0.1) is 12.2 Å². The van der Waals surface area contributed by atoms with Crippen LogP contribution >= 0.6 is 11.6 Å². The Balaban J connectivity index is 1.47. The van der Waals surface area contributed by atoms with Crippen molar-refractivity contribution in [1.82, 2.24) is 4.90 Å². The lowest BCUT2D eigenvalue weighted by molar-refractivity contribution is -0.0178. The highest BCUT2D eigenvalue weighted by molar-refractivity contribution is 6.30. The van der Waals surface area contributed by atoms with Crippen molar-refractivity contribution in [3.8, 4) is 0 Å². The normalized spacial score (nSPS) is 26.0. The average Bonchev–Trinajstić information content (AvgIpc) is 2.57. The topological polar surface area (TPSA) is 32.7 Å². The maximum atomic E-state index is 10.6. The number of ether oxygens (including phenoxy) is 1. The summed E-state index contributed by atoms with van der Waals surface area (Å²) < 4.78 is 5.83. The van der Waals surface area contributed by atoms with Gasteiger partial charge in [-0.05, 0) is 68.8 Å². The van der Waals surface area contributed by atoms with Crippen molar-refractivity contribution in [3.05, 3.63) is 34.9 Å². The van der Waals surface area contributed by atoms with E-state index in [9.17, 15) is 5.11 Å². The van der Waals surface area contributed by atoms with E-state index in [2.05, 4.69) is 4.90 Å². The van der Waals surface area contributed by atoms with E-state index >= 15 is 0 Å². The van der Waals surface area contributed by atoms with Crippen LogP contribution in [0.2, 0.25) is 5.02 Å². The lowest BCUT2D eigenvalue weighted by Crippen LogP contribution is -2.41. The van der Waals surface area contributed by atoms with Gasteiger partial charge in [-0.2, -0.15) is 0 Å². The molecule has 2 unspecified atom stereocenters. The molecule has 2 aliphatic rings. The van der Waals surface area contributed by atoms with Crippen molar-refractivity contribution in [2.75, 3.05) is 26.2 Å². The molecule has 0 radical (unpaired) electrons. The Labute approximate surface area is 138 Å². The van der Waals surface area contributed by atoms with Gasteiger partial charge in [0, 0.05) is 18.2 Å². The summed E-state index contributed by atoms with van der Waals surface area (Å²) in [5, 5.41) is 11.3. The van der Waals surface area contributed by atoms with Crippen LogP contribution < -0.4 is 0 Å². The summed E-state index contributed by atoms with van der Waals surface area (Å²) in [6.45, 7) is 4.12. The number of halogens is 1. The van der Waals surface area contributed by atoms with E-state index in [0.717, 1.165) is 49.7 Å². The number of aliphatic hydroxyl groups excluding tert-OH is 1. The van der Waals surface area contributed by atoms with Gasteiger partial charge in [0.15, 0.2) is 0 Å². The van der Waals surface area contributed by atoms with Crippen LogP contribution in [-0.2, 0) is 4.74 Å². The molecule has 2 atom stereocenters. The lowest BCUT2D eigenvalue weighted by Gasteiger charge is -2.36. The number of hydrogen-bond acceptors (Lipinski definition) is 3. The predicted octanol–water partition coefficient (Wildman–Crippen LogP) is 3.65. The van der Waals surface area contributed by atoms with E-state index in [1.165, 1.54) is 19.3 Å². The number of piperidine rings is 1. The molecule has 0 aromatic heterocycles. The smallest absolute Gasteiger partial charge is 0.0819 e. The third-order valence-electron chi connectivity index (χ3n) is 5.03. The Morgan fingerprint density at radius 2 is 1.86 bits per heavy atom. The van der Waals surface area contributed by atoms with E-state index in [-0.39, 0.29) is 6.10 Å². The minimum atomic E-state index is -0.370. The van der Waals surface area contributed by atoms with Gasteiger partial charge in [-0.1, -0.05) is 23.7 Å². The summed E-state index contributed by atoms with van der Waals surface area (Å²) in [6.07, 6.45) is 5.87. The quantitative estimate of drug-likeness (QED) is 0.918. The summed E-state index contributed by atoms with van der Waals surface area (Å²) in [6, 6.07) is 7.59. The summed E-state index contributed by atoms with van der Waals surface area (Å²) in [5.41, 5.74) is 0.985. The van der Waals surface area contributed by atoms with Crippen molar-refractivity contribution in [1.29, 1.82) is 0 Å². The van der Waals surface area contributed by atoms with Gasteiger partial charge in [0.2, 0.25) is 0 Å². The molecule has 3 nitrogen and oxygen atoms in total. The maximum Gasteiger partial charge on any atom is 0.0819 e. The van der Waals surface area contributed by atoms with Crippen LogP contribution in [0.15, 0.2) is 24.3 Å². The van der Waals surface area contributed by atoms with Crippen molar-refractivity contribution in [3.63, 3.8) is 0 Å². The number of rotatable bonds is 4. The van der Waals surface area contributed by atoms with Gasteiger partial charge in [-0.15, -0.1) is 0 Å². The predicted molar refractivity (Wildman–Crippen MR) is 89.2 cm³/mol. The van der Waals surface area contributed by atoms with Crippen LogP contribution in [0, 0.1) is 5.92 Å². The molecular weight excluding hydrogens is 298 g/mol. The SMILES string of the molecule is OC(c1ccc(Cl)cc1)C1CCN(CC2CCCCO2)CC1. The Kier molecular flexibility index (Phi) is 5.75. The first-order valence-corrected chi connectivity index (χ1v) is 8.87. The molecule has 2 heterocycles. The van der Waals surface area contributed by atoms with Gasteiger partial charge < -0.3 is 14.7 Å². The Morgan fingerprint density at radius 3 is 2.50 bits per heavy atom. The van der Waals surface area contributed by atoms with E-state index in [1.54, 1.807) is 0 Å². The second kappa shape index (κ2) is 7.78. The second-order valence-electron chi connectivity index (χ2n) is 6.62. The number of likely N-dealkylation sites (tertiary alicyclic amines) is 1. The first-order chi connectivity index (χ1) is 10.7. The van der Waals surface area contributed by atoms with Crippen LogP contribution in [-0.4, -0.2) is 42.4 Å². The van der Waals surface area contributed by atoms with Crippen LogP contribution in [0.3, 0.4) is 0 Å². The van der Waals surface area contributed by atoms with Gasteiger partial charge in [-0.25, -0.2) is 0 Å². The molecule has 0 bridgehead atoms. The van der Waals surface area contributed by atoms with Crippen molar-refractivity contribution in [2.45, 2.75) is 44.3 Å². The van der Waals surface area contributed by atoms with Crippen molar-refractivity contribution < 1.29 is 9.84 Å². The maximum absolute atomic E-state index is 10.6. The molecule has 122 valence electrons. The molecule has 1 aromatic carbocycles. The van der Waals surface area contributed by atoms with Crippen molar-refractivity contribution >= 4 is 11.6 Å². The minimum absolute atomic E-state index is 0.352. The van der Waals surface area contributed by atoms with E-state index < -0.39 is 0 Å². The Morgan fingerprint density at radius 1 is 1.14 bits per heavy atom. The molecule has 2 saturated heterocycles. The van der Waals surface area contributed by atoms with Gasteiger partial charge in [0.1, 0.15) is 0 Å². The first kappa shape index (κ1) is 16.3. The summed E-state index contributed by atoms with van der Waals surface area (Å²) >= 11 is 5.91. The van der Waals surface area contributed by atoms with Crippen LogP contribution in [0.25, 0.3) is 0 Å². The second-order valence-corrected chi connectivity index (χ2v) is 7.06. The third-order valence-corrected chi connectivity index (χ3v) is 5.28. The molecule has 1 aromatic rings. The van der Waals surface area contributed by atoms with Gasteiger partial charge >= 0.3 is 0 Å². The zero-order valence-electron chi connectivity index (χ0n) is 13.1. The monoisotopic (exact) mass is 323 g/mol. The number of nitrogens with zero attached hydrogens (tertiary/aromatic N) is 1. The highest BCUT2D eigenvalue weighted by Crippen LogP contribution is 2.31. The molecule has 2 aliphatic heterocycles. The zero-order valence-corrected chi connectivity index (χ0v) is 13.8. The molecule has 1 N–H and O–H groups in total. The minimum Gasteiger partial charge on any atom is -0.388 e. The fourth-order valence-electron chi connectivity index (χ4n) is 3.62. The molecule has 0 spiro atoms. The first-order valence-electron chi connectivity index (χ1n) is 8.50. The molecule has 3 rings (SSSR count). The molecule has 0 aliphatic carbocycles. The summed E-state index contributed by atoms with van der Waals surface area (Å²) in [5.74, 6) is 0.352. The zero-order chi connectivity index (χ0) is 15.4. The number of hydrogen-bond donors (Lipinski definition) is 1. The van der Waals surface area contributed by atoms with Crippen LogP contribution in [0.5, 0.6) is 0 Å². The van der Waals surface area contributed by atoms with E-state index in [0.29, 0.717) is 12.0 Å². The van der Waals surface area contributed by atoms with Crippen LogP contribution in [0.1, 0.15) is 43.8 Å². The van der Waals surface area contributed by atoms with Crippen molar-refractivity contribution in [2.24, 2.45) is 5.92 Å². The third kappa shape index (κ3) is 4.23. The summed E-state index contributed by atoms with van der Waals surface area (Å²) in [7, 11) is 0. The molecule has 22 heavy (non-hydrogen) atoms. The Hall–Kier alpha value is -0.610. The molecule has 2 fully saturated rings. The molecule has 0 saturated carbocycles. The lowest BCUT2D eigenvalue weighted by atomic mass is 9.87. The number of benzene rings is 1. The molecule has 4 heteroatoms. The van der Waals surface area contributed by atoms with E-state index in [1.807, 2.05) is 24.3 Å². The highest BCUT2D eigenvalue weighted by atomic mass is 35.5. The van der Waals surface area contributed by atoms with E-state index in [4.69, 9.17) is 16.3 Å². The Bertz CT molecular complexity index is 451. The average molecular weight is 324 g/mol.